The second-order valence-electron chi connectivity index (χ2n) is 5.76. The predicted molar refractivity (Wildman–Crippen MR) is 99.5 cm³/mol. The molecule has 0 saturated heterocycles. The number of thiophene rings is 1. The minimum atomic E-state index is -0.316. The van der Waals surface area contributed by atoms with E-state index in [4.69, 9.17) is 12.6 Å². The number of ether oxygens (including phenoxy) is 1. The van der Waals surface area contributed by atoms with Gasteiger partial charge in [0.05, 0.1) is 0 Å². The number of rotatable bonds is 6. The Morgan fingerprint density at radius 2 is 1.79 bits per heavy atom. The molecule has 2 aromatic carbocycles. The van der Waals surface area contributed by atoms with Gasteiger partial charge in [-0.25, -0.2) is 0 Å². The average Bonchev–Trinajstić information content (AvgIpc) is 2.94. The molecule has 3 aromatic rings. The van der Waals surface area contributed by atoms with Gasteiger partial charge in [-0.3, -0.25) is 9.59 Å². The number of ketones is 1. The molecule has 120 valence electrons. The van der Waals surface area contributed by atoms with Crippen molar-refractivity contribution in [3.63, 3.8) is 0 Å². The molecule has 0 aliphatic heterocycles. The van der Waals surface area contributed by atoms with Crippen LogP contribution in [-0.2, 0) is 9.53 Å². The molecule has 0 fully saturated rings. The highest BCUT2D eigenvalue weighted by atomic mass is 32.1. The van der Waals surface area contributed by atoms with E-state index in [1.807, 2.05) is 37.3 Å². The highest BCUT2D eigenvalue weighted by Crippen LogP contribution is 2.33. The van der Waals surface area contributed by atoms with Crippen LogP contribution in [0.2, 0.25) is 0 Å². The standard InChI is InChI=1S/C19H17BO3S/c1-2-3-4-19(22)23-11-16(21)12-5-7-14-15-8-6-13(20)10-18(15)24-17(14)9-12/h5-10H,2-4,11H2,1H3. The van der Waals surface area contributed by atoms with Gasteiger partial charge in [0.25, 0.3) is 0 Å². The summed E-state index contributed by atoms with van der Waals surface area (Å²) in [6.07, 6.45) is 2.07. The van der Waals surface area contributed by atoms with Crippen LogP contribution in [-0.4, -0.2) is 26.2 Å². The van der Waals surface area contributed by atoms with E-state index in [9.17, 15) is 9.59 Å². The number of esters is 1. The highest BCUT2D eigenvalue weighted by molar-refractivity contribution is 7.25. The predicted octanol–water partition coefficient (Wildman–Crippen LogP) is 3.76. The summed E-state index contributed by atoms with van der Waals surface area (Å²) in [7, 11) is 5.83. The summed E-state index contributed by atoms with van der Waals surface area (Å²) in [5.41, 5.74) is 1.29. The number of Topliss-reactive ketones (excluding diaryl/α,β-unsaturated/α-hetero) is 1. The van der Waals surface area contributed by atoms with Crippen LogP contribution in [0.5, 0.6) is 0 Å². The highest BCUT2D eigenvalue weighted by Gasteiger charge is 2.12. The molecule has 0 N–H and O–H groups in total. The van der Waals surface area contributed by atoms with E-state index in [0.29, 0.717) is 12.0 Å². The van der Waals surface area contributed by atoms with Crippen molar-refractivity contribution in [3.05, 3.63) is 42.0 Å². The lowest BCUT2D eigenvalue weighted by Crippen LogP contribution is -2.13. The van der Waals surface area contributed by atoms with E-state index >= 15 is 0 Å². The van der Waals surface area contributed by atoms with E-state index in [1.54, 1.807) is 17.4 Å². The first-order valence-electron chi connectivity index (χ1n) is 7.99. The smallest absolute Gasteiger partial charge is 0.306 e. The van der Waals surface area contributed by atoms with Gasteiger partial charge in [0, 0.05) is 32.2 Å². The van der Waals surface area contributed by atoms with Crippen molar-refractivity contribution in [3.8, 4) is 0 Å². The van der Waals surface area contributed by atoms with Crippen molar-refractivity contribution in [1.29, 1.82) is 0 Å². The number of carbonyl (C=O) groups excluding carboxylic acids is 2. The van der Waals surface area contributed by atoms with Gasteiger partial charge < -0.3 is 4.74 Å². The molecule has 0 spiro atoms. The maximum atomic E-state index is 12.2. The first-order chi connectivity index (χ1) is 11.6. The Morgan fingerprint density at radius 1 is 1.08 bits per heavy atom. The van der Waals surface area contributed by atoms with E-state index in [2.05, 4.69) is 0 Å². The van der Waals surface area contributed by atoms with Crippen molar-refractivity contribution >= 4 is 56.6 Å². The molecule has 0 aliphatic rings. The third-order valence-electron chi connectivity index (χ3n) is 3.92. The first-order valence-corrected chi connectivity index (χ1v) is 8.80. The lowest BCUT2D eigenvalue weighted by Gasteiger charge is -2.04. The molecule has 5 heteroatoms. The molecule has 0 saturated carbocycles. The van der Waals surface area contributed by atoms with Gasteiger partial charge in [0.15, 0.2) is 12.4 Å². The van der Waals surface area contributed by atoms with Crippen molar-refractivity contribution in [2.45, 2.75) is 26.2 Å². The minimum Gasteiger partial charge on any atom is -0.457 e. The lowest BCUT2D eigenvalue weighted by atomic mass is 9.95. The lowest BCUT2D eigenvalue weighted by molar-refractivity contribution is -0.142. The molecule has 3 rings (SSSR count). The van der Waals surface area contributed by atoms with Crippen molar-refractivity contribution in [2.75, 3.05) is 6.61 Å². The van der Waals surface area contributed by atoms with Gasteiger partial charge in [-0.2, -0.15) is 0 Å². The quantitative estimate of drug-likeness (QED) is 0.391. The summed E-state index contributed by atoms with van der Waals surface area (Å²) in [4.78, 5) is 23.8. The van der Waals surface area contributed by atoms with Gasteiger partial charge in [0.2, 0.25) is 0 Å². The van der Waals surface area contributed by atoms with Crippen LogP contribution in [0, 0.1) is 0 Å². The molecule has 0 atom stereocenters. The molecule has 0 bridgehead atoms. The number of fused-ring (bicyclic) bond motifs is 3. The Morgan fingerprint density at radius 3 is 2.54 bits per heavy atom. The number of hydrogen-bond acceptors (Lipinski definition) is 4. The molecule has 24 heavy (non-hydrogen) atoms. The molecule has 3 nitrogen and oxygen atoms in total. The third-order valence-corrected chi connectivity index (χ3v) is 5.03. The van der Waals surface area contributed by atoms with Crippen LogP contribution in [0.15, 0.2) is 36.4 Å². The van der Waals surface area contributed by atoms with E-state index < -0.39 is 0 Å². The molecule has 2 radical (unpaired) electrons. The largest absolute Gasteiger partial charge is 0.457 e. The van der Waals surface area contributed by atoms with Crippen LogP contribution in [0.25, 0.3) is 20.2 Å². The molecule has 0 aliphatic carbocycles. The molecule has 1 aromatic heterocycles. The van der Waals surface area contributed by atoms with Crippen LogP contribution >= 0.6 is 11.3 Å². The maximum Gasteiger partial charge on any atom is 0.306 e. The van der Waals surface area contributed by atoms with Gasteiger partial charge >= 0.3 is 5.97 Å². The fourth-order valence-corrected chi connectivity index (χ4v) is 3.78. The minimum absolute atomic E-state index is 0.182. The van der Waals surface area contributed by atoms with Crippen molar-refractivity contribution in [1.82, 2.24) is 0 Å². The zero-order chi connectivity index (χ0) is 17.1. The van der Waals surface area contributed by atoms with Gasteiger partial charge in [0.1, 0.15) is 7.85 Å². The van der Waals surface area contributed by atoms with Gasteiger partial charge in [-0.15, -0.1) is 11.3 Å². The summed E-state index contributed by atoms with van der Waals surface area (Å²) in [6.45, 7) is 1.80. The Balaban J connectivity index is 1.79. The Hall–Kier alpha value is -2.14. The summed E-state index contributed by atoms with van der Waals surface area (Å²) < 4.78 is 7.17. The van der Waals surface area contributed by atoms with Crippen LogP contribution in [0.4, 0.5) is 0 Å². The van der Waals surface area contributed by atoms with Crippen LogP contribution in [0.3, 0.4) is 0 Å². The third kappa shape index (κ3) is 3.51. The topological polar surface area (TPSA) is 43.4 Å². The van der Waals surface area contributed by atoms with Crippen molar-refractivity contribution in [2.24, 2.45) is 0 Å². The summed E-state index contributed by atoms with van der Waals surface area (Å²) >= 11 is 1.60. The fraction of sp³-hybridized carbons (Fsp3) is 0.263. The number of unbranched alkanes of at least 4 members (excludes halogenated alkanes) is 1. The number of hydrogen-bond donors (Lipinski definition) is 0. The zero-order valence-electron chi connectivity index (χ0n) is 13.5. The maximum absolute atomic E-state index is 12.2. The Kier molecular flexibility index (Phi) is 5.00. The van der Waals surface area contributed by atoms with Gasteiger partial charge in [-0.1, -0.05) is 49.1 Å². The summed E-state index contributed by atoms with van der Waals surface area (Å²) in [5.74, 6) is -0.498. The summed E-state index contributed by atoms with van der Waals surface area (Å²) in [6, 6.07) is 11.4. The molecule has 1 heterocycles. The Labute approximate surface area is 146 Å². The van der Waals surface area contributed by atoms with Gasteiger partial charge in [-0.05, 0) is 12.5 Å². The second kappa shape index (κ2) is 7.18. The van der Waals surface area contributed by atoms with E-state index in [1.165, 1.54) is 0 Å². The fourth-order valence-electron chi connectivity index (χ4n) is 2.59. The van der Waals surface area contributed by atoms with E-state index in [-0.39, 0.29) is 18.4 Å². The molecule has 0 amide bonds. The first kappa shape index (κ1) is 16.7. The summed E-state index contributed by atoms with van der Waals surface area (Å²) in [5, 5.41) is 2.24. The normalized spacial score (nSPS) is 11.0. The average molecular weight is 336 g/mol. The van der Waals surface area contributed by atoms with E-state index in [0.717, 1.165) is 38.5 Å². The van der Waals surface area contributed by atoms with Crippen LogP contribution in [0.1, 0.15) is 36.5 Å². The molecular weight excluding hydrogens is 319 g/mol. The van der Waals surface area contributed by atoms with Crippen molar-refractivity contribution < 1.29 is 14.3 Å². The second-order valence-corrected chi connectivity index (χ2v) is 6.84. The molecule has 0 unspecified atom stereocenters. The number of benzene rings is 2. The Bertz CT molecular complexity index is 914. The van der Waals surface area contributed by atoms with Crippen LogP contribution < -0.4 is 5.46 Å². The monoisotopic (exact) mass is 336 g/mol. The molecular formula is C19H17BO3S. The SMILES string of the molecule is [B]c1ccc2c(c1)sc1cc(C(=O)COC(=O)CCCC)ccc12. The zero-order valence-corrected chi connectivity index (χ0v) is 14.3. The number of carbonyl (C=O) groups is 2.